The molecule has 0 aliphatic carbocycles. The van der Waals surface area contributed by atoms with Gasteiger partial charge in [-0.1, -0.05) is 0 Å². The molecule has 1 aliphatic rings. The number of nitrogens with zero attached hydrogens (tertiary/aromatic N) is 2. The number of nitrogens with one attached hydrogen (secondary N) is 1. The predicted octanol–water partition coefficient (Wildman–Crippen LogP) is 1.06. The van der Waals surface area contributed by atoms with Crippen LogP contribution < -0.4 is 10.2 Å². The Bertz CT molecular complexity index is 506. The van der Waals surface area contributed by atoms with Crippen molar-refractivity contribution in [1.82, 2.24) is 5.32 Å². The van der Waals surface area contributed by atoms with E-state index in [1.165, 1.54) is 12.1 Å². The van der Waals surface area contributed by atoms with Crippen LogP contribution in [0.5, 0.6) is 0 Å². The maximum Gasteiger partial charge on any atom is 0.272 e. The number of piperazine rings is 1. The third-order valence-corrected chi connectivity index (χ3v) is 2.95. The normalized spacial score (nSPS) is 19.6. The van der Waals surface area contributed by atoms with E-state index in [0.29, 0.717) is 13.1 Å². The van der Waals surface area contributed by atoms with Crippen LogP contribution in [-0.4, -0.2) is 30.0 Å². The first-order valence-electron chi connectivity index (χ1n) is 5.49. The van der Waals surface area contributed by atoms with E-state index in [0.717, 1.165) is 6.07 Å². The van der Waals surface area contributed by atoms with Crippen molar-refractivity contribution in [2.45, 2.75) is 13.0 Å². The third kappa shape index (κ3) is 2.11. The van der Waals surface area contributed by atoms with Crippen LogP contribution in [0.15, 0.2) is 18.2 Å². The SMILES string of the molecule is C[C@@H]1C(=O)NCCN1c1ccc([N+](=O)[O-])cc1F. The molecule has 0 aromatic heterocycles. The van der Waals surface area contributed by atoms with Gasteiger partial charge in [-0.05, 0) is 13.0 Å². The van der Waals surface area contributed by atoms with Gasteiger partial charge in [0.05, 0.1) is 16.7 Å². The Morgan fingerprint density at radius 2 is 2.28 bits per heavy atom. The van der Waals surface area contributed by atoms with Gasteiger partial charge in [0, 0.05) is 19.2 Å². The highest BCUT2D eigenvalue weighted by molar-refractivity contribution is 5.86. The summed E-state index contributed by atoms with van der Waals surface area (Å²) in [6.45, 7) is 2.57. The molecule has 96 valence electrons. The van der Waals surface area contributed by atoms with Crippen LogP contribution in [0.1, 0.15) is 6.92 Å². The number of carbonyl (C=O) groups is 1. The topological polar surface area (TPSA) is 75.5 Å². The van der Waals surface area contributed by atoms with E-state index in [-0.39, 0.29) is 17.3 Å². The highest BCUT2D eigenvalue weighted by atomic mass is 19.1. The molecule has 2 rings (SSSR count). The summed E-state index contributed by atoms with van der Waals surface area (Å²) in [5.74, 6) is -0.871. The molecule has 1 aromatic rings. The fourth-order valence-corrected chi connectivity index (χ4v) is 1.95. The summed E-state index contributed by atoms with van der Waals surface area (Å²) in [4.78, 5) is 22.9. The average molecular weight is 253 g/mol. The van der Waals surface area contributed by atoms with E-state index >= 15 is 0 Å². The number of rotatable bonds is 2. The van der Waals surface area contributed by atoms with Crippen molar-refractivity contribution in [2.75, 3.05) is 18.0 Å². The molecule has 18 heavy (non-hydrogen) atoms. The average Bonchev–Trinajstić information content (AvgIpc) is 2.33. The molecule has 7 heteroatoms. The lowest BCUT2D eigenvalue weighted by atomic mass is 10.1. The molecule has 6 nitrogen and oxygen atoms in total. The number of anilines is 1. The molecule has 1 aromatic carbocycles. The molecule has 0 bridgehead atoms. The Labute approximate surface area is 103 Å². The number of hydrogen-bond donors (Lipinski definition) is 1. The summed E-state index contributed by atoms with van der Waals surface area (Å²) < 4.78 is 13.8. The van der Waals surface area contributed by atoms with Crippen LogP contribution in [0.2, 0.25) is 0 Å². The quantitative estimate of drug-likeness (QED) is 0.631. The summed E-state index contributed by atoms with van der Waals surface area (Å²) in [5, 5.41) is 13.2. The highest BCUT2D eigenvalue weighted by Crippen LogP contribution is 2.26. The van der Waals surface area contributed by atoms with Gasteiger partial charge in [-0.15, -0.1) is 0 Å². The van der Waals surface area contributed by atoms with Gasteiger partial charge >= 0.3 is 0 Å². The maximum atomic E-state index is 13.8. The lowest BCUT2D eigenvalue weighted by molar-refractivity contribution is -0.385. The van der Waals surface area contributed by atoms with Crippen molar-refractivity contribution >= 4 is 17.3 Å². The van der Waals surface area contributed by atoms with E-state index in [1.807, 2.05) is 0 Å². The Balaban J connectivity index is 2.33. The number of halogens is 1. The zero-order chi connectivity index (χ0) is 13.3. The van der Waals surface area contributed by atoms with Crippen LogP contribution in [0.25, 0.3) is 0 Å². The van der Waals surface area contributed by atoms with Crippen molar-refractivity contribution in [1.29, 1.82) is 0 Å². The van der Waals surface area contributed by atoms with E-state index in [4.69, 9.17) is 0 Å². The van der Waals surface area contributed by atoms with Crippen LogP contribution in [0.3, 0.4) is 0 Å². The molecule has 1 heterocycles. The van der Waals surface area contributed by atoms with Crippen molar-refractivity contribution in [3.63, 3.8) is 0 Å². The van der Waals surface area contributed by atoms with E-state index < -0.39 is 16.8 Å². The first-order chi connectivity index (χ1) is 8.50. The molecule has 0 unspecified atom stereocenters. The van der Waals surface area contributed by atoms with Gasteiger partial charge in [-0.2, -0.15) is 0 Å². The second-order valence-corrected chi connectivity index (χ2v) is 4.05. The van der Waals surface area contributed by atoms with Gasteiger partial charge in [0.25, 0.3) is 5.69 Å². The lowest BCUT2D eigenvalue weighted by Crippen LogP contribution is -2.54. The van der Waals surface area contributed by atoms with Crippen LogP contribution in [0.4, 0.5) is 15.8 Å². The molecular formula is C11H12FN3O3. The minimum absolute atomic E-state index is 0.181. The summed E-state index contributed by atoms with van der Waals surface area (Å²) in [5.41, 5.74) is -0.0895. The molecule has 1 fully saturated rings. The van der Waals surface area contributed by atoms with Gasteiger partial charge in [-0.3, -0.25) is 14.9 Å². The van der Waals surface area contributed by atoms with Crippen LogP contribution >= 0.6 is 0 Å². The smallest absolute Gasteiger partial charge is 0.272 e. The molecular weight excluding hydrogens is 241 g/mol. The second-order valence-electron chi connectivity index (χ2n) is 4.05. The molecule has 1 N–H and O–H groups in total. The number of carbonyl (C=O) groups excluding carboxylic acids is 1. The number of benzene rings is 1. The fraction of sp³-hybridized carbons (Fsp3) is 0.364. The van der Waals surface area contributed by atoms with Crippen molar-refractivity contribution in [2.24, 2.45) is 0 Å². The van der Waals surface area contributed by atoms with Crippen LogP contribution in [-0.2, 0) is 4.79 Å². The number of amides is 1. The number of nitro benzene ring substituents is 1. The van der Waals surface area contributed by atoms with Gasteiger partial charge in [0.2, 0.25) is 5.91 Å². The Hall–Kier alpha value is -2.18. The standard InChI is InChI=1S/C11H12FN3O3/c1-7-11(16)13-4-5-14(7)10-3-2-8(15(17)18)6-9(10)12/h2-3,6-7H,4-5H2,1H3,(H,13,16)/t7-/m1/s1. The van der Waals surface area contributed by atoms with Crippen molar-refractivity contribution in [3.8, 4) is 0 Å². The minimum atomic E-state index is -0.689. The Kier molecular flexibility index (Phi) is 3.14. The second kappa shape index (κ2) is 4.59. The Morgan fingerprint density at radius 1 is 1.56 bits per heavy atom. The lowest BCUT2D eigenvalue weighted by Gasteiger charge is -2.34. The van der Waals surface area contributed by atoms with Gasteiger partial charge < -0.3 is 10.2 Å². The minimum Gasteiger partial charge on any atom is -0.356 e. The number of hydrogen-bond acceptors (Lipinski definition) is 4. The summed E-state index contributed by atoms with van der Waals surface area (Å²) in [6, 6.07) is 2.95. The molecule has 0 radical (unpaired) electrons. The van der Waals surface area contributed by atoms with Crippen LogP contribution in [0, 0.1) is 15.9 Å². The maximum absolute atomic E-state index is 13.8. The number of non-ortho nitro benzene ring substituents is 1. The molecule has 0 saturated carbocycles. The highest BCUT2D eigenvalue weighted by Gasteiger charge is 2.27. The summed E-state index contributed by atoms with van der Waals surface area (Å²) in [7, 11) is 0. The van der Waals surface area contributed by atoms with Gasteiger partial charge in [-0.25, -0.2) is 4.39 Å². The monoisotopic (exact) mass is 253 g/mol. The molecule has 1 saturated heterocycles. The molecule has 1 amide bonds. The fourth-order valence-electron chi connectivity index (χ4n) is 1.95. The first-order valence-corrected chi connectivity index (χ1v) is 5.49. The number of nitro groups is 1. The van der Waals surface area contributed by atoms with Gasteiger partial charge in [0.1, 0.15) is 6.04 Å². The van der Waals surface area contributed by atoms with E-state index in [2.05, 4.69) is 5.32 Å². The van der Waals surface area contributed by atoms with Crippen molar-refractivity contribution in [3.05, 3.63) is 34.1 Å². The molecule has 1 atom stereocenters. The molecule has 1 aliphatic heterocycles. The van der Waals surface area contributed by atoms with E-state index in [1.54, 1.807) is 11.8 Å². The zero-order valence-corrected chi connectivity index (χ0v) is 9.72. The predicted molar refractivity (Wildman–Crippen MR) is 62.9 cm³/mol. The van der Waals surface area contributed by atoms with E-state index in [9.17, 15) is 19.3 Å². The van der Waals surface area contributed by atoms with Gasteiger partial charge in [0.15, 0.2) is 5.82 Å². The third-order valence-electron chi connectivity index (χ3n) is 2.95. The summed E-state index contributed by atoms with van der Waals surface area (Å²) >= 11 is 0. The first kappa shape index (κ1) is 12.3. The Morgan fingerprint density at radius 3 is 2.89 bits per heavy atom. The largest absolute Gasteiger partial charge is 0.356 e. The molecule has 0 spiro atoms. The summed E-state index contributed by atoms with van der Waals surface area (Å²) in [6.07, 6.45) is 0. The van der Waals surface area contributed by atoms with Crippen molar-refractivity contribution < 1.29 is 14.1 Å². The zero-order valence-electron chi connectivity index (χ0n) is 9.72.